The average molecular weight is 193 g/mol. The molecule has 0 amide bonds. The van der Waals surface area contributed by atoms with Gasteiger partial charge in [0.2, 0.25) is 0 Å². The minimum Gasteiger partial charge on any atom is -0.237 e. The molecule has 1 aromatic carbocycles. The molecule has 0 fully saturated rings. The highest BCUT2D eigenvalue weighted by Crippen LogP contribution is 2.16. The van der Waals surface area contributed by atoms with Crippen LogP contribution in [0.1, 0.15) is 5.56 Å². The van der Waals surface area contributed by atoms with E-state index in [1.165, 1.54) is 18.2 Å². The number of aryl methyl sites for hydroxylation is 1. The first-order valence-corrected chi connectivity index (χ1v) is 4.93. The van der Waals surface area contributed by atoms with Crippen LogP contribution >= 0.6 is 10.7 Å². The largest absolute Gasteiger partial charge is 0.237 e. The molecule has 0 saturated carbocycles. The van der Waals surface area contributed by atoms with E-state index >= 15 is 0 Å². The van der Waals surface area contributed by atoms with Gasteiger partial charge in [-0.2, -0.15) is 0 Å². The van der Waals surface area contributed by atoms with Gasteiger partial charge in [0.05, 0.1) is 4.90 Å². The second-order valence-corrected chi connectivity index (χ2v) is 3.86. The van der Waals surface area contributed by atoms with E-state index < -0.39 is 10.0 Å². The van der Waals surface area contributed by atoms with Crippen molar-refractivity contribution < 1.29 is 8.60 Å². The van der Waals surface area contributed by atoms with Gasteiger partial charge in [-0.3, -0.25) is 0 Å². The first-order valence-electron chi connectivity index (χ1n) is 2.95. The van der Waals surface area contributed by atoms with Crippen molar-refractivity contribution >= 4 is 20.7 Å². The summed E-state index contributed by atoms with van der Waals surface area (Å²) in [5, 5.41) is 0. The maximum Gasteiger partial charge on any atom is 0.147 e. The molecule has 4 heteroatoms. The zero-order valence-electron chi connectivity index (χ0n) is 5.80. The van der Waals surface area contributed by atoms with E-state index in [0.29, 0.717) is 10.5 Å². The molecule has 0 aliphatic rings. The first kappa shape index (κ1) is 8.68. The van der Waals surface area contributed by atoms with Crippen molar-refractivity contribution in [2.75, 3.05) is 0 Å². The molecule has 1 unspecified atom stereocenters. The summed E-state index contributed by atoms with van der Waals surface area (Å²) < 4.78 is 23.2. The Labute approximate surface area is 71.1 Å². The van der Waals surface area contributed by atoms with Crippen LogP contribution in [0.2, 0.25) is 0 Å². The second kappa shape index (κ2) is 3.32. The van der Waals surface area contributed by atoms with E-state index in [9.17, 15) is 8.60 Å². The Kier molecular flexibility index (Phi) is 2.62. The summed E-state index contributed by atoms with van der Waals surface area (Å²) in [4.78, 5) is 0.466. The van der Waals surface area contributed by atoms with E-state index in [2.05, 4.69) is 0 Å². The lowest BCUT2D eigenvalue weighted by Gasteiger charge is -1.98. The maximum absolute atomic E-state index is 12.5. The van der Waals surface area contributed by atoms with Crippen molar-refractivity contribution in [3.63, 3.8) is 0 Å². The quantitative estimate of drug-likeness (QED) is 0.625. The Morgan fingerprint density at radius 1 is 1.55 bits per heavy atom. The molecule has 1 rings (SSSR count). The number of hydrogen-bond donors (Lipinski definition) is 0. The average Bonchev–Trinajstić information content (AvgIpc) is 1.85. The monoisotopic (exact) mass is 192 g/mol. The molecule has 0 aromatic heterocycles. The van der Waals surface area contributed by atoms with Crippen LogP contribution in [0.4, 0.5) is 4.39 Å². The van der Waals surface area contributed by atoms with Crippen LogP contribution in [0.15, 0.2) is 23.1 Å². The predicted octanol–water partition coefficient (Wildman–Crippen LogP) is 2.40. The zero-order valence-corrected chi connectivity index (χ0v) is 7.38. The van der Waals surface area contributed by atoms with E-state index in [1.54, 1.807) is 6.92 Å². The van der Waals surface area contributed by atoms with E-state index in [0.717, 1.165) is 0 Å². The third-order valence-corrected chi connectivity index (χ3v) is 2.61. The van der Waals surface area contributed by atoms with E-state index in [4.69, 9.17) is 10.7 Å². The molecular weight excluding hydrogens is 187 g/mol. The van der Waals surface area contributed by atoms with Gasteiger partial charge in [0, 0.05) is 0 Å². The molecule has 11 heavy (non-hydrogen) atoms. The molecule has 1 atom stereocenters. The summed E-state index contributed by atoms with van der Waals surface area (Å²) in [6, 6.07) is 3.96. The third kappa shape index (κ3) is 2.01. The number of halogens is 2. The van der Waals surface area contributed by atoms with Gasteiger partial charge in [-0.15, -0.1) is 0 Å². The molecule has 0 spiro atoms. The standard InChI is InChI=1S/C7H6ClFOS/c1-5-4-6(9)2-3-7(5)11(8)10/h2-4H,1H3. The van der Waals surface area contributed by atoms with Crippen LogP contribution < -0.4 is 0 Å². The highest BCUT2D eigenvalue weighted by atomic mass is 35.7. The normalized spacial score (nSPS) is 13.0. The van der Waals surface area contributed by atoms with Gasteiger partial charge in [-0.25, -0.2) is 8.60 Å². The van der Waals surface area contributed by atoms with Gasteiger partial charge in [0.1, 0.15) is 15.8 Å². The number of benzene rings is 1. The Morgan fingerprint density at radius 3 is 2.64 bits per heavy atom. The fourth-order valence-corrected chi connectivity index (χ4v) is 1.80. The molecule has 0 N–H and O–H groups in total. The zero-order chi connectivity index (χ0) is 8.43. The topological polar surface area (TPSA) is 17.1 Å². The molecule has 0 aliphatic carbocycles. The smallest absolute Gasteiger partial charge is 0.147 e. The Morgan fingerprint density at radius 2 is 2.18 bits per heavy atom. The van der Waals surface area contributed by atoms with Crippen LogP contribution in [-0.2, 0) is 10.0 Å². The fourth-order valence-electron chi connectivity index (χ4n) is 0.793. The summed E-state index contributed by atoms with van der Waals surface area (Å²) in [6.07, 6.45) is 0. The van der Waals surface area contributed by atoms with E-state index in [1.807, 2.05) is 0 Å². The van der Waals surface area contributed by atoms with Crippen molar-refractivity contribution in [2.24, 2.45) is 0 Å². The van der Waals surface area contributed by atoms with Crippen LogP contribution in [0.3, 0.4) is 0 Å². The lowest BCUT2D eigenvalue weighted by Crippen LogP contribution is -1.87. The highest BCUT2D eigenvalue weighted by molar-refractivity contribution is 8.08. The summed E-state index contributed by atoms with van der Waals surface area (Å²) in [7, 11) is 3.77. The number of hydrogen-bond acceptors (Lipinski definition) is 1. The lowest BCUT2D eigenvalue weighted by molar-refractivity contribution is 0.624. The highest BCUT2D eigenvalue weighted by Gasteiger charge is 2.03. The van der Waals surface area contributed by atoms with Gasteiger partial charge >= 0.3 is 0 Å². The first-order chi connectivity index (χ1) is 5.11. The Bertz CT molecular complexity index is 300. The molecule has 0 bridgehead atoms. The van der Waals surface area contributed by atoms with Gasteiger partial charge in [-0.05, 0) is 41.4 Å². The van der Waals surface area contributed by atoms with Crippen molar-refractivity contribution in [1.82, 2.24) is 0 Å². The van der Waals surface area contributed by atoms with Crippen LogP contribution in [0, 0.1) is 12.7 Å². The van der Waals surface area contributed by atoms with Crippen LogP contribution in [0.5, 0.6) is 0 Å². The minimum absolute atomic E-state index is 0.339. The SMILES string of the molecule is Cc1cc(F)ccc1S(=O)Cl. The fraction of sp³-hybridized carbons (Fsp3) is 0.143. The van der Waals surface area contributed by atoms with Gasteiger partial charge in [0.25, 0.3) is 0 Å². The molecule has 1 aromatic rings. The van der Waals surface area contributed by atoms with E-state index in [-0.39, 0.29) is 5.82 Å². The molecule has 0 heterocycles. The van der Waals surface area contributed by atoms with Crippen molar-refractivity contribution in [3.05, 3.63) is 29.6 Å². The second-order valence-electron chi connectivity index (χ2n) is 2.13. The summed E-state index contributed by atoms with van der Waals surface area (Å²) in [6.45, 7) is 1.67. The Hall–Kier alpha value is -0.410. The summed E-state index contributed by atoms with van der Waals surface area (Å²) in [5.41, 5.74) is 0.610. The molecule has 1 nitrogen and oxygen atoms in total. The minimum atomic E-state index is -1.54. The molecule has 0 radical (unpaired) electrons. The maximum atomic E-state index is 12.5. The lowest BCUT2D eigenvalue weighted by atomic mass is 10.2. The van der Waals surface area contributed by atoms with Crippen molar-refractivity contribution in [1.29, 1.82) is 0 Å². The van der Waals surface area contributed by atoms with Gasteiger partial charge in [-0.1, -0.05) is 0 Å². The van der Waals surface area contributed by atoms with Crippen molar-refractivity contribution in [2.45, 2.75) is 11.8 Å². The van der Waals surface area contributed by atoms with Crippen LogP contribution in [0.25, 0.3) is 0 Å². The molecular formula is C7H6ClFOS. The van der Waals surface area contributed by atoms with Gasteiger partial charge in [0.15, 0.2) is 0 Å². The molecule has 0 saturated heterocycles. The summed E-state index contributed by atoms with van der Waals surface area (Å²) in [5.74, 6) is -0.339. The van der Waals surface area contributed by atoms with Crippen LogP contribution in [-0.4, -0.2) is 4.21 Å². The molecule has 0 aliphatic heterocycles. The predicted molar refractivity (Wildman–Crippen MR) is 43.4 cm³/mol. The summed E-state index contributed by atoms with van der Waals surface area (Å²) >= 11 is 0. The van der Waals surface area contributed by atoms with Crippen molar-refractivity contribution in [3.8, 4) is 0 Å². The van der Waals surface area contributed by atoms with Gasteiger partial charge < -0.3 is 0 Å². The molecule has 60 valence electrons. The Balaban J connectivity index is 3.20. The number of rotatable bonds is 1. The third-order valence-electron chi connectivity index (χ3n) is 1.31.